The zero-order valence-electron chi connectivity index (χ0n) is 16.4. The maximum atomic E-state index is 13.3. The van der Waals surface area contributed by atoms with Crippen LogP contribution >= 0.6 is 12.4 Å². The second kappa shape index (κ2) is 8.16. The lowest BCUT2D eigenvalue weighted by molar-refractivity contribution is 0.132. The van der Waals surface area contributed by atoms with Gasteiger partial charge < -0.3 is 20.5 Å². The second-order valence-electron chi connectivity index (χ2n) is 8.15. The molecule has 2 aliphatic rings. The number of benzene rings is 1. The van der Waals surface area contributed by atoms with Crippen molar-refractivity contribution in [2.75, 3.05) is 19.7 Å². The van der Waals surface area contributed by atoms with Crippen LogP contribution in [0.2, 0.25) is 0 Å². The highest BCUT2D eigenvalue weighted by Gasteiger charge is 2.55. The van der Waals surface area contributed by atoms with Crippen molar-refractivity contribution in [3.63, 3.8) is 0 Å². The smallest absolute Gasteiger partial charge is 0.404 e. The van der Waals surface area contributed by atoms with E-state index in [-0.39, 0.29) is 30.9 Å². The van der Waals surface area contributed by atoms with Crippen molar-refractivity contribution in [3.8, 4) is 17.1 Å². The molecule has 156 valence electrons. The molecular weight excluding hydrogens is 397 g/mol. The first-order valence-electron chi connectivity index (χ1n) is 9.41. The van der Waals surface area contributed by atoms with Gasteiger partial charge in [-0.15, -0.1) is 12.4 Å². The number of primary amides is 1. The number of halogens is 2. The van der Waals surface area contributed by atoms with E-state index in [0.717, 1.165) is 24.2 Å². The molecule has 2 unspecified atom stereocenters. The summed E-state index contributed by atoms with van der Waals surface area (Å²) in [5.74, 6) is 1.30. The maximum Gasteiger partial charge on any atom is 0.404 e. The van der Waals surface area contributed by atoms with E-state index in [0.29, 0.717) is 23.4 Å². The summed E-state index contributed by atoms with van der Waals surface area (Å²) in [5, 5.41) is 3.35. The first kappa shape index (κ1) is 21.3. The Morgan fingerprint density at radius 2 is 1.90 bits per heavy atom. The summed E-state index contributed by atoms with van der Waals surface area (Å²) < 4.78 is 24.5. The van der Waals surface area contributed by atoms with Gasteiger partial charge in [-0.1, -0.05) is 13.8 Å². The van der Waals surface area contributed by atoms with Gasteiger partial charge in [-0.3, -0.25) is 0 Å². The second-order valence-corrected chi connectivity index (χ2v) is 8.15. The minimum atomic E-state index is -0.810. The lowest BCUT2D eigenvalue weighted by Gasteiger charge is -2.25. The van der Waals surface area contributed by atoms with Crippen LogP contribution in [-0.2, 0) is 10.2 Å². The van der Waals surface area contributed by atoms with Gasteiger partial charge in [0.15, 0.2) is 0 Å². The number of rotatable bonds is 6. The molecule has 1 saturated carbocycles. The van der Waals surface area contributed by atoms with Crippen LogP contribution in [0.25, 0.3) is 11.3 Å². The van der Waals surface area contributed by atoms with Crippen molar-refractivity contribution in [1.29, 1.82) is 0 Å². The van der Waals surface area contributed by atoms with Gasteiger partial charge in [0.25, 0.3) is 0 Å². The number of carbonyl (C=O) groups is 1. The van der Waals surface area contributed by atoms with Crippen LogP contribution in [0.5, 0.6) is 5.88 Å². The predicted octanol–water partition coefficient (Wildman–Crippen LogP) is 3.28. The van der Waals surface area contributed by atoms with E-state index < -0.39 is 11.5 Å². The molecule has 2 heterocycles. The van der Waals surface area contributed by atoms with Gasteiger partial charge in [0.05, 0.1) is 5.69 Å². The largest absolute Gasteiger partial charge is 0.474 e. The summed E-state index contributed by atoms with van der Waals surface area (Å²) in [6.07, 6.45) is -0.634. The molecule has 2 atom stereocenters. The van der Waals surface area contributed by atoms with Crippen molar-refractivity contribution in [2.45, 2.75) is 25.4 Å². The zero-order chi connectivity index (χ0) is 19.9. The lowest BCUT2D eigenvalue weighted by atomic mass is 9.85. The molecule has 8 heteroatoms. The molecule has 1 aliphatic heterocycles. The third-order valence-corrected chi connectivity index (χ3v) is 5.57. The number of pyridine rings is 1. The molecule has 1 aromatic carbocycles. The number of fused-ring (bicyclic) bond motifs is 1. The van der Waals surface area contributed by atoms with Crippen molar-refractivity contribution in [3.05, 3.63) is 47.8 Å². The minimum absolute atomic E-state index is 0. The quantitative estimate of drug-likeness (QED) is 0.747. The number of nitrogens with one attached hydrogen (secondary N) is 1. The number of carbonyl (C=O) groups excluding carboxylic acids is 1. The first-order valence-corrected chi connectivity index (χ1v) is 9.41. The Morgan fingerprint density at radius 3 is 2.52 bits per heavy atom. The molecule has 3 N–H and O–H groups in total. The SMILES string of the molecule is CC(C)(COC(N)=O)c1cc(OC2C3CNCC32)nc(-c2ccc(F)cc2)c1.Cl. The molecule has 6 nitrogen and oxygen atoms in total. The Bertz CT molecular complexity index is 881. The van der Waals surface area contributed by atoms with Crippen LogP contribution in [-0.4, -0.2) is 36.9 Å². The summed E-state index contributed by atoms with van der Waals surface area (Å²) >= 11 is 0. The van der Waals surface area contributed by atoms with E-state index in [1.165, 1.54) is 12.1 Å². The number of nitrogens with two attached hydrogens (primary N) is 1. The van der Waals surface area contributed by atoms with E-state index in [4.69, 9.17) is 15.2 Å². The topological polar surface area (TPSA) is 86.5 Å². The van der Waals surface area contributed by atoms with Gasteiger partial charge in [0, 0.05) is 42.0 Å². The van der Waals surface area contributed by atoms with Crippen molar-refractivity contribution < 1.29 is 18.7 Å². The lowest BCUT2D eigenvalue weighted by Crippen LogP contribution is -2.28. The van der Waals surface area contributed by atoms with Gasteiger partial charge in [-0.25, -0.2) is 14.2 Å². The van der Waals surface area contributed by atoms with Gasteiger partial charge >= 0.3 is 6.09 Å². The number of hydrogen-bond acceptors (Lipinski definition) is 5. The predicted molar refractivity (Wildman–Crippen MR) is 110 cm³/mol. The standard InChI is InChI=1S/C21H24FN3O3.ClH/c1-21(2,11-27-20(23)26)13-7-17(12-3-5-14(22)6-4-12)25-18(8-13)28-19-15-9-24-10-16(15)19;/h3-8,15-16,19,24H,9-11H2,1-2H3,(H2,23,26);1H. The average Bonchev–Trinajstić information content (AvgIpc) is 3.08. The number of ether oxygens (including phenoxy) is 2. The van der Waals surface area contributed by atoms with Crippen LogP contribution in [0.1, 0.15) is 19.4 Å². The Morgan fingerprint density at radius 1 is 1.24 bits per heavy atom. The summed E-state index contributed by atoms with van der Waals surface area (Å²) in [7, 11) is 0. The molecule has 1 saturated heterocycles. The van der Waals surface area contributed by atoms with Crippen LogP contribution in [0, 0.1) is 17.7 Å². The molecule has 2 fully saturated rings. The Labute approximate surface area is 175 Å². The molecule has 4 rings (SSSR count). The van der Waals surface area contributed by atoms with Gasteiger partial charge in [0.2, 0.25) is 5.88 Å². The maximum absolute atomic E-state index is 13.3. The van der Waals surface area contributed by atoms with E-state index in [1.807, 2.05) is 26.0 Å². The Balaban J connectivity index is 0.00000240. The fraction of sp³-hybridized carbons (Fsp3) is 0.429. The zero-order valence-corrected chi connectivity index (χ0v) is 17.2. The van der Waals surface area contributed by atoms with Crippen molar-refractivity contribution in [1.82, 2.24) is 10.3 Å². The molecule has 29 heavy (non-hydrogen) atoms. The minimum Gasteiger partial charge on any atom is -0.474 e. The highest BCUT2D eigenvalue weighted by Crippen LogP contribution is 2.44. The molecule has 1 amide bonds. The van der Waals surface area contributed by atoms with Gasteiger partial charge in [-0.2, -0.15) is 0 Å². The monoisotopic (exact) mass is 421 g/mol. The highest BCUT2D eigenvalue weighted by molar-refractivity contribution is 5.85. The van der Waals surface area contributed by atoms with Crippen LogP contribution in [0.3, 0.4) is 0 Å². The highest BCUT2D eigenvalue weighted by atomic mass is 35.5. The van der Waals surface area contributed by atoms with Crippen molar-refractivity contribution >= 4 is 18.5 Å². The van der Waals surface area contributed by atoms with Crippen LogP contribution < -0.4 is 15.8 Å². The number of hydrogen-bond donors (Lipinski definition) is 2. The number of nitrogens with zero attached hydrogens (tertiary/aromatic N) is 1. The van der Waals surface area contributed by atoms with Gasteiger partial charge in [0.1, 0.15) is 18.5 Å². The molecular formula is C21H25ClFN3O3. The summed E-state index contributed by atoms with van der Waals surface area (Å²) in [6, 6.07) is 9.99. The van der Waals surface area contributed by atoms with E-state index >= 15 is 0 Å². The Kier molecular flexibility index (Phi) is 6.00. The average molecular weight is 422 g/mol. The Hall–Kier alpha value is -2.38. The summed E-state index contributed by atoms with van der Waals surface area (Å²) in [6.45, 7) is 5.99. The number of amides is 1. The van der Waals surface area contributed by atoms with Crippen LogP contribution in [0.15, 0.2) is 36.4 Å². The summed E-state index contributed by atoms with van der Waals surface area (Å²) in [4.78, 5) is 15.7. The fourth-order valence-corrected chi connectivity index (χ4v) is 3.74. The first-order chi connectivity index (χ1) is 13.3. The molecule has 0 radical (unpaired) electrons. The molecule has 1 aliphatic carbocycles. The molecule has 2 aromatic rings. The third-order valence-electron chi connectivity index (χ3n) is 5.57. The van der Waals surface area contributed by atoms with Crippen molar-refractivity contribution in [2.24, 2.45) is 17.6 Å². The molecule has 0 bridgehead atoms. The summed E-state index contributed by atoms with van der Waals surface area (Å²) in [5.41, 5.74) is 7.01. The third kappa shape index (κ3) is 4.62. The van der Waals surface area contributed by atoms with E-state index in [2.05, 4.69) is 10.3 Å². The fourth-order valence-electron chi connectivity index (χ4n) is 3.74. The number of piperidine rings is 1. The number of aromatic nitrogens is 1. The molecule has 1 aromatic heterocycles. The van der Waals surface area contributed by atoms with E-state index in [1.54, 1.807) is 12.1 Å². The van der Waals surface area contributed by atoms with Gasteiger partial charge in [-0.05, 0) is 35.9 Å². The van der Waals surface area contributed by atoms with E-state index in [9.17, 15) is 9.18 Å². The van der Waals surface area contributed by atoms with Crippen LogP contribution in [0.4, 0.5) is 9.18 Å². The normalized spacial score (nSPS) is 22.4. The molecule has 0 spiro atoms.